The molecule has 2 heterocycles. The van der Waals surface area contributed by atoms with Crippen molar-refractivity contribution in [3.8, 4) is 0 Å². The van der Waals surface area contributed by atoms with Gasteiger partial charge in [-0.25, -0.2) is 14.8 Å². The van der Waals surface area contributed by atoms with Crippen LogP contribution in [-0.4, -0.2) is 22.8 Å². The van der Waals surface area contributed by atoms with E-state index in [0.717, 1.165) is 42.7 Å². The number of amides is 1. The highest BCUT2D eigenvalue weighted by molar-refractivity contribution is 7.14. The van der Waals surface area contributed by atoms with Crippen molar-refractivity contribution in [3.63, 3.8) is 0 Å². The van der Waals surface area contributed by atoms with Crippen LogP contribution >= 0.6 is 11.3 Å². The molecule has 0 saturated heterocycles. The zero-order chi connectivity index (χ0) is 21.9. The monoisotopic (exact) mass is 447 g/mol. The van der Waals surface area contributed by atoms with Crippen molar-refractivity contribution in [2.24, 2.45) is 28.2 Å². The topological polar surface area (TPSA) is 71.9 Å². The van der Waals surface area contributed by atoms with Gasteiger partial charge in [-0.15, -0.1) is 11.3 Å². The summed E-state index contributed by atoms with van der Waals surface area (Å²) in [6, 6.07) is 9.42. The number of aromatic nitrogens is 1. The first-order valence-corrected chi connectivity index (χ1v) is 12.2. The Labute approximate surface area is 191 Å². The normalized spacial score (nSPS) is 31.7. The highest BCUT2D eigenvalue weighted by atomic mass is 32.1. The first kappa shape index (κ1) is 19.9. The predicted octanol–water partition coefficient (Wildman–Crippen LogP) is 5.34. The molecule has 32 heavy (non-hydrogen) atoms. The van der Waals surface area contributed by atoms with Gasteiger partial charge in [0, 0.05) is 17.7 Å². The Kier molecular flexibility index (Phi) is 4.57. The summed E-state index contributed by atoms with van der Waals surface area (Å²) in [6.07, 6.45) is 8.98. The van der Waals surface area contributed by atoms with Crippen LogP contribution in [0.1, 0.15) is 51.1 Å². The minimum atomic E-state index is -0.392. The van der Waals surface area contributed by atoms with Crippen LogP contribution in [0, 0.1) is 23.2 Å². The lowest BCUT2D eigenvalue weighted by Gasteiger charge is -2.55. The van der Waals surface area contributed by atoms with Gasteiger partial charge in [0.1, 0.15) is 0 Å². The van der Waals surface area contributed by atoms with Crippen molar-refractivity contribution in [2.45, 2.75) is 45.4 Å². The number of anilines is 2. The Morgan fingerprint density at radius 1 is 1.12 bits per heavy atom. The predicted molar refractivity (Wildman–Crippen MR) is 123 cm³/mol. The first-order chi connectivity index (χ1) is 15.5. The van der Waals surface area contributed by atoms with Crippen LogP contribution < -0.4 is 4.90 Å². The number of rotatable bonds is 4. The summed E-state index contributed by atoms with van der Waals surface area (Å²) < 4.78 is 5.75. The van der Waals surface area contributed by atoms with Gasteiger partial charge in [-0.1, -0.05) is 18.2 Å². The minimum Gasteiger partial charge on any atom is -0.406 e. The van der Waals surface area contributed by atoms with E-state index in [-0.39, 0.29) is 11.3 Å². The lowest BCUT2D eigenvalue weighted by atomic mass is 9.49. The van der Waals surface area contributed by atoms with E-state index in [1.54, 1.807) is 11.0 Å². The van der Waals surface area contributed by atoms with Crippen LogP contribution in [0.25, 0.3) is 6.08 Å². The number of benzene rings is 1. The molecular weight excluding hydrogens is 422 g/mol. The molecule has 7 rings (SSSR count). The number of carbonyl (C=O) groups excluding carboxylic acids is 2. The molecule has 1 aromatic heterocycles. The molecule has 4 fully saturated rings. The van der Waals surface area contributed by atoms with E-state index in [0.29, 0.717) is 22.4 Å². The number of hydrogen-bond acceptors (Lipinski definition) is 6. The highest BCUT2D eigenvalue weighted by Crippen LogP contribution is 2.61. The zero-order valence-electron chi connectivity index (χ0n) is 18.0. The van der Waals surface area contributed by atoms with Gasteiger partial charge in [0.2, 0.25) is 11.8 Å². The van der Waals surface area contributed by atoms with Crippen molar-refractivity contribution in [1.29, 1.82) is 0 Å². The molecule has 0 unspecified atom stereocenters. The maximum atomic E-state index is 12.7. The fourth-order valence-corrected chi connectivity index (χ4v) is 7.44. The van der Waals surface area contributed by atoms with Crippen LogP contribution in [0.4, 0.5) is 10.8 Å². The molecular formula is C25H25N3O3S. The van der Waals surface area contributed by atoms with Gasteiger partial charge in [0.15, 0.2) is 10.8 Å². The third-order valence-electron chi connectivity index (χ3n) is 7.43. The van der Waals surface area contributed by atoms with E-state index in [2.05, 4.69) is 4.98 Å². The molecule has 4 saturated carbocycles. The fraction of sp³-hybridized carbons (Fsp3) is 0.440. The molecule has 4 aliphatic carbocycles. The lowest BCUT2D eigenvalue weighted by molar-refractivity contribution is -0.131. The summed E-state index contributed by atoms with van der Waals surface area (Å²) in [5.41, 5.74) is 1.62. The number of aliphatic imine (C=N–C) groups is 1. The van der Waals surface area contributed by atoms with E-state index in [1.807, 2.05) is 35.7 Å². The van der Waals surface area contributed by atoms with E-state index in [4.69, 9.17) is 9.73 Å². The van der Waals surface area contributed by atoms with Crippen LogP contribution in [0.3, 0.4) is 0 Å². The largest absolute Gasteiger partial charge is 0.406 e. The summed E-state index contributed by atoms with van der Waals surface area (Å²) in [6.45, 7) is 1.52. The quantitative estimate of drug-likeness (QED) is 0.468. The number of thiazole rings is 1. The smallest absolute Gasteiger partial charge is 0.363 e. The van der Waals surface area contributed by atoms with E-state index >= 15 is 0 Å². The van der Waals surface area contributed by atoms with Gasteiger partial charge in [0.25, 0.3) is 0 Å². The van der Waals surface area contributed by atoms with Gasteiger partial charge in [0.05, 0.1) is 11.4 Å². The number of nitrogens with zero attached hydrogens (tertiary/aromatic N) is 3. The molecule has 2 aromatic rings. The van der Waals surface area contributed by atoms with Crippen LogP contribution in [0.5, 0.6) is 0 Å². The fourth-order valence-electron chi connectivity index (χ4n) is 6.60. The second-order valence-corrected chi connectivity index (χ2v) is 10.6. The third-order valence-corrected chi connectivity index (χ3v) is 8.27. The Hall–Kier alpha value is -2.80. The maximum absolute atomic E-state index is 12.7. The Balaban J connectivity index is 1.28. The maximum Gasteiger partial charge on any atom is 0.363 e. The number of para-hydroxylation sites is 1. The van der Waals surface area contributed by atoms with Crippen molar-refractivity contribution in [2.75, 3.05) is 4.90 Å². The van der Waals surface area contributed by atoms with Crippen LogP contribution in [0.2, 0.25) is 0 Å². The van der Waals surface area contributed by atoms with Gasteiger partial charge >= 0.3 is 5.97 Å². The summed E-state index contributed by atoms with van der Waals surface area (Å²) in [4.78, 5) is 35.8. The van der Waals surface area contributed by atoms with Crippen LogP contribution in [-0.2, 0) is 14.3 Å². The molecule has 0 spiro atoms. The van der Waals surface area contributed by atoms with Crippen LogP contribution in [0.15, 0.2) is 46.4 Å². The molecule has 0 atom stereocenters. The standard InChI is InChI=1S/C25H25N3O3S/c1-15(29)28(20-5-3-2-4-6-20)24-26-19(14-32-24)10-21-22(30)31-23(27-21)25-11-16-7-17(12-25)9-18(8-16)13-25/h2-6,10,14,16-18H,7-9,11-13H2,1H3/b21-10-. The molecule has 7 heteroatoms. The second kappa shape index (κ2) is 7.37. The lowest BCUT2D eigenvalue weighted by Crippen LogP contribution is -2.50. The van der Waals surface area contributed by atoms with E-state index in [1.165, 1.54) is 37.5 Å². The first-order valence-electron chi connectivity index (χ1n) is 11.3. The molecule has 6 nitrogen and oxygen atoms in total. The van der Waals surface area contributed by atoms with Crippen molar-refractivity contribution < 1.29 is 14.3 Å². The molecule has 1 amide bonds. The second-order valence-electron chi connectivity index (χ2n) is 9.78. The number of ether oxygens (including phenoxy) is 1. The molecule has 0 N–H and O–H groups in total. The zero-order valence-corrected chi connectivity index (χ0v) is 18.8. The van der Waals surface area contributed by atoms with Crippen molar-refractivity contribution in [3.05, 3.63) is 47.1 Å². The third kappa shape index (κ3) is 3.30. The molecule has 5 aliphatic rings. The van der Waals surface area contributed by atoms with Gasteiger partial charge in [-0.2, -0.15) is 0 Å². The molecule has 4 bridgehead atoms. The van der Waals surface area contributed by atoms with Gasteiger partial charge in [-0.3, -0.25) is 9.69 Å². The van der Waals surface area contributed by atoms with Crippen molar-refractivity contribution in [1.82, 2.24) is 4.98 Å². The SMILES string of the molecule is CC(=O)N(c1ccccc1)c1nc(/C=C2\N=C(C34CC5CC(CC(C5)C3)C4)OC2=O)cs1. The Morgan fingerprint density at radius 2 is 1.78 bits per heavy atom. The summed E-state index contributed by atoms with van der Waals surface area (Å²) in [5, 5.41) is 2.40. The van der Waals surface area contributed by atoms with Gasteiger partial charge < -0.3 is 4.74 Å². The van der Waals surface area contributed by atoms with E-state index in [9.17, 15) is 9.59 Å². The van der Waals surface area contributed by atoms with Crippen molar-refractivity contribution >= 4 is 46.0 Å². The summed E-state index contributed by atoms with van der Waals surface area (Å²) >= 11 is 1.36. The molecule has 1 aromatic carbocycles. The summed E-state index contributed by atoms with van der Waals surface area (Å²) in [5.74, 6) is 2.40. The summed E-state index contributed by atoms with van der Waals surface area (Å²) in [7, 11) is 0. The average molecular weight is 448 g/mol. The number of hydrogen-bond donors (Lipinski definition) is 0. The number of carbonyl (C=O) groups is 2. The number of cyclic esters (lactones) is 1. The molecule has 0 radical (unpaired) electrons. The average Bonchev–Trinajstić information content (AvgIpc) is 3.35. The molecule has 1 aliphatic heterocycles. The minimum absolute atomic E-state index is 0.0496. The van der Waals surface area contributed by atoms with E-state index < -0.39 is 5.97 Å². The molecule has 164 valence electrons. The van der Waals surface area contributed by atoms with Gasteiger partial charge in [-0.05, 0) is 74.5 Å². The Morgan fingerprint density at radius 3 is 2.41 bits per heavy atom. The Bertz CT molecular complexity index is 1110. The number of esters is 1. The highest BCUT2D eigenvalue weighted by Gasteiger charge is 2.55.